The van der Waals surface area contributed by atoms with Gasteiger partial charge >= 0.3 is 6.09 Å². The fourth-order valence-electron chi connectivity index (χ4n) is 2.83. The molecule has 0 bridgehead atoms. The second kappa shape index (κ2) is 4.75. The van der Waals surface area contributed by atoms with Crippen LogP contribution in [0.25, 0.3) is 0 Å². The molecule has 3 atom stereocenters. The van der Waals surface area contributed by atoms with Gasteiger partial charge in [0.25, 0.3) is 0 Å². The number of alkyl carbamates (subject to hydrolysis) is 1. The van der Waals surface area contributed by atoms with Gasteiger partial charge in [0.2, 0.25) is 5.95 Å². The Morgan fingerprint density at radius 3 is 2.43 bits per heavy atom. The van der Waals surface area contributed by atoms with E-state index in [4.69, 9.17) is 4.74 Å². The first kappa shape index (κ1) is 13.9. The molecular formula is C14H20N4O3. The molecule has 2 heterocycles. The van der Waals surface area contributed by atoms with Gasteiger partial charge in [0.15, 0.2) is 5.75 Å². The molecule has 2 aliphatic rings. The molecule has 1 saturated heterocycles. The Kier molecular flexibility index (Phi) is 3.15. The van der Waals surface area contributed by atoms with Gasteiger partial charge in [-0.1, -0.05) is 0 Å². The summed E-state index contributed by atoms with van der Waals surface area (Å²) >= 11 is 0. The second-order valence-electron chi connectivity index (χ2n) is 6.65. The monoisotopic (exact) mass is 292 g/mol. The number of fused-ring (bicyclic) bond motifs is 1. The van der Waals surface area contributed by atoms with E-state index in [1.54, 1.807) is 0 Å². The maximum Gasteiger partial charge on any atom is 0.407 e. The number of aromatic hydroxyl groups is 1. The van der Waals surface area contributed by atoms with Gasteiger partial charge in [-0.15, -0.1) is 0 Å². The minimum atomic E-state index is -0.472. The molecule has 0 aromatic carbocycles. The highest BCUT2D eigenvalue weighted by Crippen LogP contribution is 2.46. The molecule has 1 aliphatic heterocycles. The highest BCUT2D eigenvalue weighted by Gasteiger charge is 2.57. The summed E-state index contributed by atoms with van der Waals surface area (Å²) in [6, 6.07) is 0.188. The second-order valence-corrected chi connectivity index (χ2v) is 6.65. The average molecular weight is 292 g/mol. The number of rotatable bonds is 2. The molecule has 2 N–H and O–H groups in total. The maximum atomic E-state index is 11.7. The summed E-state index contributed by atoms with van der Waals surface area (Å²) in [7, 11) is 0. The van der Waals surface area contributed by atoms with E-state index in [9.17, 15) is 9.90 Å². The van der Waals surface area contributed by atoms with Crippen LogP contribution in [0, 0.1) is 11.8 Å². The van der Waals surface area contributed by atoms with E-state index in [2.05, 4.69) is 20.2 Å². The quantitative estimate of drug-likeness (QED) is 0.850. The first-order valence-electron chi connectivity index (χ1n) is 7.09. The summed E-state index contributed by atoms with van der Waals surface area (Å²) in [5, 5.41) is 12.1. The number of ether oxygens (including phenoxy) is 1. The summed E-state index contributed by atoms with van der Waals surface area (Å²) in [4.78, 5) is 22.0. The molecule has 1 aromatic rings. The van der Waals surface area contributed by atoms with Crippen LogP contribution < -0.4 is 10.2 Å². The van der Waals surface area contributed by atoms with E-state index < -0.39 is 5.60 Å². The van der Waals surface area contributed by atoms with Crippen molar-refractivity contribution in [3.05, 3.63) is 12.4 Å². The van der Waals surface area contributed by atoms with Crippen molar-refractivity contribution >= 4 is 12.0 Å². The van der Waals surface area contributed by atoms with E-state index in [0.29, 0.717) is 17.8 Å². The van der Waals surface area contributed by atoms with Crippen LogP contribution in [0.2, 0.25) is 0 Å². The lowest BCUT2D eigenvalue weighted by Gasteiger charge is -2.22. The van der Waals surface area contributed by atoms with E-state index in [1.807, 2.05) is 20.8 Å². The zero-order chi connectivity index (χ0) is 15.2. The molecule has 1 amide bonds. The van der Waals surface area contributed by atoms with Crippen molar-refractivity contribution in [2.24, 2.45) is 11.8 Å². The van der Waals surface area contributed by atoms with Crippen LogP contribution in [0.4, 0.5) is 10.7 Å². The van der Waals surface area contributed by atoms with Crippen molar-refractivity contribution in [2.75, 3.05) is 18.0 Å². The lowest BCUT2D eigenvalue weighted by Crippen LogP contribution is -2.38. The normalized spacial score (nSPS) is 27.2. The van der Waals surface area contributed by atoms with Crippen LogP contribution in [-0.2, 0) is 4.74 Å². The van der Waals surface area contributed by atoms with Gasteiger partial charge in [0.05, 0.1) is 12.4 Å². The van der Waals surface area contributed by atoms with Gasteiger partial charge in [-0.25, -0.2) is 14.8 Å². The molecule has 7 nitrogen and oxygen atoms in total. The number of hydrogen-bond acceptors (Lipinski definition) is 6. The summed E-state index contributed by atoms with van der Waals surface area (Å²) in [6.07, 6.45) is 2.43. The van der Waals surface area contributed by atoms with E-state index >= 15 is 0 Å². The molecule has 21 heavy (non-hydrogen) atoms. The first-order valence-corrected chi connectivity index (χ1v) is 7.09. The number of anilines is 1. The highest BCUT2D eigenvalue weighted by molar-refractivity contribution is 5.69. The molecule has 1 aromatic heterocycles. The molecule has 0 spiro atoms. The van der Waals surface area contributed by atoms with Gasteiger partial charge in [-0.2, -0.15) is 0 Å². The third kappa shape index (κ3) is 3.01. The Balaban J connectivity index is 1.50. The lowest BCUT2D eigenvalue weighted by molar-refractivity contribution is 0.0518. The van der Waals surface area contributed by atoms with Crippen molar-refractivity contribution in [3.8, 4) is 5.75 Å². The smallest absolute Gasteiger partial charge is 0.407 e. The zero-order valence-electron chi connectivity index (χ0n) is 12.4. The summed E-state index contributed by atoms with van der Waals surface area (Å²) in [5.41, 5.74) is -0.472. The van der Waals surface area contributed by atoms with Crippen LogP contribution in [0.5, 0.6) is 5.75 Å². The Labute approximate surface area is 123 Å². The van der Waals surface area contributed by atoms with Crippen LogP contribution in [0.1, 0.15) is 20.8 Å². The van der Waals surface area contributed by atoms with Crippen molar-refractivity contribution in [3.63, 3.8) is 0 Å². The number of amides is 1. The molecule has 2 fully saturated rings. The van der Waals surface area contributed by atoms with Crippen LogP contribution in [-0.4, -0.2) is 45.9 Å². The Morgan fingerprint density at radius 1 is 1.33 bits per heavy atom. The van der Waals surface area contributed by atoms with Crippen LogP contribution >= 0.6 is 0 Å². The van der Waals surface area contributed by atoms with Gasteiger partial charge in [-0.3, -0.25) is 0 Å². The van der Waals surface area contributed by atoms with Crippen molar-refractivity contribution in [1.29, 1.82) is 0 Å². The average Bonchev–Trinajstić information content (AvgIpc) is 2.83. The van der Waals surface area contributed by atoms with E-state index in [0.717, 1.165) is 13.1 Å². The Bertz CT molecular complexity index is 528. The number of nitrogens with zero attached hydrogens (tertiary/aromatic N) is 3. The van der Waals surface area contributed by atoms with Gasteiger partial charge in [0, 0.05) is 31.0 Å². The standard InChI is InChI=1S/C14H20N4O3/c1-14(2,3)21-13(20)17-11-9-6-18(7-10(9)11)12-15-4-8(19)5-16-12/h4-5,9-11,19H,6-7H2,1-3H3,(H,17,20)/t9-,10+,11?. The highest BCUT2D eigenvalue weighted by atomic mass is 16.6. The van der Waals surface area contributed by atoms with Crippen molar-refractivity contribution < 1.29 is 14.6 Å². The third-order valence-electron chi connectivity index (χ3n) is 3.78. The van der Waals surface area contributed by atoms with Crippen LogP contribution in [0.3, 0.4) is 0 Å². The SMILES string of the molecule is CC(C)(C)OC(=O)NC1[C@H]2CN(c3ncc(O)cn3)C[C@@H]12. The number of carbonyl (C=O) groups excluding carboxylic acids is 1. The van der Waals surface area contributed by atoms with Gasteiger partial charge < -0.3 is 20.1 Å². The molecule has 114 valence electrons. The van der Waals surface area contributed by atoms with Crippen LogP contribution in [0.15, 0.2) is 12.4 Å². The number of piperidine rings is 1. The zero-order valence-corrected chi connectivity index (χ0v) is 12.4. The first-order chi connectivity index (χ1) is 9.83. The molecule has 1 aliphatic carbocycles. The molecule has 0 radical (unpaired) electrons. The molecular weight excluding hydrogens is 272 g/mol. The number of carbonyl (C=O) groups is 1. The van der Waals surface area contributed by atoms with Gasteiger partial charge in [-0.05, 0) is 20.8 Å². The fourth-order valence-corrected chi connectivity index (χ4v) is 2.83. The third-order valence-corrected chi connectivity index (χ3v) is 3.78. The predicted octanol–water partition coefficient (Wildman–Crippen LogP) is 1.14. The van der Waals surface area contributed by atoms with Crippen molar-refractivity contribution in [1.82, 2.24) is 15.3 Å². The molecule has 1 saturated carbocycles. The number of nitrogens with one attached hydrogen (secondary N) is 1. The Morgan fingerprint density at radius 2 is 1.90 bits per heavy atom. The Hall–Kier alpha value is -2.05. The maximum absolute atomic E-state index is 11.7. The molecule has 3 rings (SSSR count). The summed E-state index contributed by atoms with van der Waals surface area (Å²) < 4.78 is 5.26. The summed E-state index contributed by atoms with van der Waals surface area (Å²) in [6.45, 7) is 7.18. The minimum absolute atomic E-state index is 0.0626. The topological polar surface area (TPSA) is 87.6 Å². The van der Waals surface area contributed by atoms with E-state index in [1.165, 1.54) is 12.4 Å². The van der Waals surface area contributed by atoms with E-state index in [-0.39, 0.29) is 17.9 Å². The lowest BCUT2D eigenvalue weighted by atomic mass is 10.2. The summed E-state index contributed by atoms with van der Waals surface area (Å²) in [5.74, 6) is 1.54. The number of aromatic nitrogens is 2. The largest absolute Gasteiger partial charge is 0.505 e. The van der Waals surface area contributed by atoms with Gasteiger partial charge in [0.1, 0.15) is 5.60 Å². The molecule has 7 heteroatoms. The predicted molar refractivity (Wildman–Crippen MR) is 76.0 cm³/mol. The molecule has 1 unspecified atom stereocenters. The minimum Gasteiger partial charge on any atom is -0.505 e. The number of hydrogen-bond donors (Lipinski definition) is 2. The van der Waals surface area contributed by atoms with Crippen molar-refractivity contribution in [2.45, 2.75) is 32.4 Å². The fraction of sp³-hybridized carbons (Fsp3) is 0.643.